The van der Waals surface area contributed by atoms with E-state index in [9.17, 15) is 0 Å². The number of aryl methyl sites for hydroxylation is 1. The van der Waals surface area contributed by atoms with E-state index in [1.807, 2.05) is 18.5 Å². The maximum absolute atomic E-state index is 4.10. The van der Waals surface area contributed by atoms with Crippen LogP contribution in [0.4, 0.5) is 0 Å². The fourth-order valence-corrected chi connectivity index (χ4v) is 1.54. The molecule has 0 aliphatic rings. The molecule has 0 radical (unpaired) electrons. The van der Waals surface area contributed by atoms with Gasteiger partial charge in [-0.1, -0.05) is 19.9 Å². The third-order valence-electron chi connectivity index (χ3n) is 2.40. The van der Waals surface area contributed by atoms with Crippen molar-refractivity contribution in [1.82, 2.24) is 15.6 Å². The second kappa shape index (κ2) is 8.25. The van der Waals surface area contributed by atoms with E-state index < -0.39 is 0 Å². The summed E-state index contributed by atoms with van der Waals surface area (Å²) in [6.07, 6.45) is 6.05. The Labute approximate surface area is 98.7 Å². The Morgan fingerprint density at radius 1 is 1.25 bits per heavy atom. The van der Waals surface area contributed by atoms with Gasteiger partial charge in [0, 0.05) is 31.5 Å². The lowest BCUT2D eigenvalue weighted by Crippen LogP contribution is -2.32. The topological polar surface area (TPSA) is 37.0 Å². The van der Waals surface area contributed by atoms with Gasteiger partial charge in [-0.25, -0.2) is 0 Å². The largest absolute Gasteiger partial charge is 0.315 e. The molecule has 0 saturated carbocycles. The highest BCUT2D eigenvalue weighted by Gasteiger charge is 1.93. The third-order valence-corrected chi connectivity index (χ3v) is 2.40. The van der Waals surface area contributed by atoms with Crippen molar-refractivity contribution in [1.29, 1.82) is 0 Å². The molecule has 1 heterocycles. The van der Waals surface area contributed by atoms with Gasteiger partial charge in [0.05, 0.1) is 0 Å². The molecule has 0 aliphatic heterocycles. The molecule has 2 N–H and O–H groups in total. The van der Waals surface area contributed by atoms with Crippen LogP contribution in [-0.2, 0) is 6.42 Å². The van der Waals surface area contributed by atoms with E-state index in [4.69, 9.17) is 0 Å². The summed E-state index contributed by atoms with van der Waals surface area (Å²) in [4.78, 5) is 4.10. The zero-order valence-corrected chi connectivity index (χ0v) is 10.4. The first-order valence-electron chi connectivity index (χ1n) is 6.12. The highest BCUT2D eigenvalue weighted by atomic mass is 14.9. The van der Waals surface area contributed by atoms with Gasteiger partial charge in [0.25, 0.3) is 0 Å². The highest BCUT2D eigenvalue weighted by Crippen LogP contribution is 1.98. The van der Waals surface area contributed by atoms with Crippen molar-refractivity contribution in [2.45, 2.75) is 32.7 Å². The number of rotatable bonds is 8. The van der Waals surface area contributed by atoms with Crippen LogP contribution in [0.25, 0.3) is 0 Å². The summed E-state index contributed by atoms with van der Waals surface area (Å²) in [5.74, 6) is 0. The lowest BCUT2D eigenvalue weighted by molar-refractivity contribution is 0.550. The lowest BCUT2D eigenvalue weighted by atomic mass is 10.1. The first-order valence-corrected chi connectivity index (χ1v) is 6.12. The summed E-state index contributed by atoms with van der Waals surface area (Å²) in [5, 5.41) is 6.81. The molecule has 0 unspecified atom stereocenters. The number of pyridine rings is 1. The summed E-state index contributed by atoms with van der Waals surface area (Å²) in [5.41, 5.74) is 1.32. The molecule has 0 aromatic carbocycles. The first kappa shape index (κ1) is 13.1. The molecule has 1 aromatic heterocycles. The first-order chi connectivity index (χ1) is 7.79. The molecule has 16 heavy (non-hydrogen) atoms. The Morgan fingerprint density at radius 3 is 2.81 bits per heavy atom. The molecule has 0 bridgehead atoms. The van der Waals surface area contributed by atoms with Gasteiger partial charge in [0.1, 0.15) is 0 Å². The quantitative estimate of drug-likeness (QED) is 0.655. The van der Waals surface area contributed by atoms with Gasteiger partial charge in [0.15, 0.2) is 0 Å². The number of hydrogen-bond acceptors (Lipinski definition) is 3. The van der Waals surface area contributed by atoms with Gasteiger partial charge >= 0.3 is 0 Å². The second-order valence-corrected chi connectivity index (χ2v) is 4.32. The minimum absolute atomic E-state index is 0.581. The summed E-state index contributed by atoms with van der Waals surface area (Å²) in [6, 6.07) is 4.71. The van der Waals surface area contributed by atoms with Crippen LogP contribution in [0.5, 0.6) is 0 Å². The molecular weight excluding hydrogens is 198 g/mol. The van der Waals surface area contributed by atoms with Crippen LogP contribution >= 0.6 is 0 Å². The summed E-state index contributed by atoms with van der Waals surface area (Å²) in [7, 11) is 0. The number of nitrogens with zero attached hydrogens (tertiary/aromatic N) is 1. The molecule has 1 aromatic rings. The van der Waals surface area contributed by atoms with Crippen LogP contribution in [0.1, 0.15) is 25.8 Å². The maximum Gasteiger partial charge on any atom is 0.0299 e. The van der Waals surface area contributed by atoms with Crippen molar-refractivity contribution in [3.8, 4) is 0 Å². The third kappa shape index (κ3) is 6.53. The lowest BCUT2D eigenvalue weighted by Gasteiger charge is -2.08. The molecule has 0 atom stereocenters. The van der Waals surface area contributed by atoms with E-state index in [-0.39, 0.29) is 0 Å². The van der Waals surface area contributed by atoms with Gasteiger partial charge in [-0.15, -0.1) is 0 Å². The monoisotopic (exact) mass is 221 g/mol. The average molecular weight is 221 g/mol. The normalized spacial score (nSPS) is 10.9. The van der Waals surface area contributed by atoms with Crippen molar-refractivity contribution in [3.05, 3.63) is 30.1 Å². The number of hydrogen-bond donors (Lipinski definition) is 2. The Kier molecular flexibility index (Phi) is 6.77. The van der Waals surface area contributed by atoms with E-state index in [1.54, 1.807) is 0 Å². The van der Waals surface area contributed by atoms with Crippen LogP contribution < -0.4 is 10.6 Å². The van der Waals surface area contributed by atoms with Crippen LogP contribution in [0.3, 0.4) is 0 Å². The molecule has 0 amide bonds. The zero-order valence-electron chi connectivity index (χ0n) is 10.4. The summed E-state index contributed by atoms with van der Waals surface area (Å²) in [6.45, 7) is 7.51. The number of aromatic nitrogens is 1. The van der Waals surface area contributed by atoms with E-state index in [0.29, 0.717) is 6.04 Å². The van der Waals surface area contributed by atoms with Crippen LogP contribution in [0, 0.1) is 0 Å². The van der Waals surface area contributed by atoms with Crippen molar-refractivity contribution < 1.29 is 0 Å². The minimum atomic E-state index is 0.581. The molecule has 0 aliphatic carbocycles. The predicted molar refractivity (Wildman–Crippen MR) is 68.6 cm³/mol. The maximum atomic E-state index is 4.10. The van der Waals surface area contributed by atoms with Crippen LogP contribution in [0.2, 0.25) is 0 Å². The molecular formula is C13H23N3. The minimum Gasteiger partial charge on any atom is -0.315 e. The van der Waals surface area contributed by atoms with Gasteiger partial charge in [-0.05, 0) is 31.0 Å². The summed E-state index contributed by atoms with van der Waals surface area (Å²) >= 11 is 0. The second-order valence-electron chi connectivity index (χ2n) is 4.32. The van der Waals surface area contributed by atoms with Crippen molar-refractivity contribution >= 4 is 0 Å². The SMILES string of the molecule is CC(C)NCCNCCCc1cccnc1. The standard InChI is InChI=1S/C13H23N3/c1-12(2)16-10-9-14-7-3-5-13-6-4-8-15-11-13/h4,6,8,11-12,14,16H,3,5,7,9-10H2,1-2H3. The van der Waals surface area contributed by atoms with E-state index >= 15 is 0 Å². The zero-order chi connectivity index (χ0) is 11.6. The van der Waals surface area contributed by atoms with Gasteiger partial charge < -0.3 is 10.6 Å². The van der Waals surface area contributed by atoms with Crippen LogP contribution in [0.15, 0.2) is 24.5 Å². The van der Waals surface area contributed by atoms with E-state index in [0.717, 1.165) is 26.1 Å². The Hall–Kier alpha value is -0.930. The van der Waals surface area contributed by atoms with Gasteiger partial charge in [-0.3, -0.25) is 4.98 Å². The van der Waals surface area contributed by atoms with Crippen LogP contribution in [-0.4, -0.2) is 30.7 Å². The van der Waals surface area contributed by atoms with Gasteiger partial charge in [-0.2, -0.15) is 0 Å². The summed E-state index contributed by atoms with van der Waals surface area (Å²) < 4.78 is 0. The Morgan fingerprint density at radius 2 is 2.12 bits per heavy atom. The molecule has 1 rings (SSSR count). The van der Waals surface area contributed by atoms with E-state index in [1.165, 1.54) is 12.0 Å². The van der Waals surface area contributed by atoms with Crippen molar-refractivity contribution in [2.75, 3.05) is 19.6 Å². The molecule has 0 fully saturated rings. The Balaban J connectivity index is 1.93. The molecule has 90 valence electrons. The predicted octanol–water partition coefficient (Wildman–Crippen LogP) is 1.60. The van der Waals surface area contributed by atoms with Crippen molar-refractivity contribution in [2.24, 2.45) is 0 Å². The van der Waals surface area contributed by atoms with E-state index in [2.05, 4.69) is 35.5 Å². The van der Waals surface area contributed by atoms with Crippen molar-refractivity contribution in [3.63, 3.8) is 0 Å². The highest BCUT2D eigenvalue weighted by molar-refractivity contribution is 5.08. The Bertz CT molecular complexity index is 259. The average Bonchev–Trinajstić information content (AvgIpc) is 2.29. The van der Waals surface area contributed by atoms with Gasteiger partial charge in [0.2, 0.25) is 0 Å². The fraction of sp³-hybridized carbons (Fsp3) is 0.615. The smallest absolute Gasteiger partial charge is 0.0299 e. The molecule has 0 spiro atoms. The molecule has 3 heteroatoms. The fourth-order valence-electron chi connectivity index (χ4n) is 1.54. The molecule has 3 nitrogen and oxygen atoms in total. The molecule has 0 saturated heterocycles. The number of nitrogens with one attached hydrogen (secondary N) is 2.